The molecule has 0 aliphatic heterocycles. The average molecular weight is 968 g/mol. The number of unbranched alkanes of at least 4 members (excludes halogenated alkanes) is 11. The molecule has 1 heterocycles. The van der Waals surface area contributed by atoms with Crippen LogP contribution in [-0.2, 0) is 26.9 Å². The summed E-state index contributed by atoms with van der Waals surface area (Å²) in [5, 5.41) is 3.50. The number of nitrogens with zero attached hydrogens (tertiary/aromatic N) is 4. The molecular weight excluding hydrogens is 883 g/mol. The topological polar surface area (TPSA) is 115 Å². The zero-order valence-electron chi connectivity index (χ0n) is 45.3. The summed E-state index contributed by atoms with van der Waals surface area (Å²) in [4.78, 5) is 55.1. The Bertz CT molecular complexity index is 2630. The first-order valence-electron chi connectivity index (χ1n) is 26.8. The lowest BCUT2D eigenvalue weighted by atomic mass is 9.76. The maximum Gasteiger partial charge on any atom is 0.338 e. The Labute approximate surface area is 426 Å². The van der Waals surface area contributed by atoms with Crippen LogP contribution in [0.2, 0.25) is 0 Å². The molecule has 0 unspecified atom stereocenters. The summed E-state index contributed by atoms with van der Waals surface area (Å²) in [5.74, 6) is -0.0479. The summed E-state index contributed by atoms with van der Waals surface area (Å²) in [7, 11) is 2.03. The summed E-state index contributed by atoms with van der Waals surface area (Å²) in [5.41, 5.74) is 6.43. The lowest BCUT2D eigenvalue weighted by Gasteiger charge is -2.30. The number of anilines is 2. The Morgan fingerprint density at radius 2 is 1.38 bits per heavy atom. The highest BCUT2D eigenvalue weighted by Crippen LogP contribution is 2.38. The molecule has 1 aromatic heterocycles. The highest BCUT2D eigenvalue weighted by atomic mass is 16.5. The Hall–Kier alpha value is -5.77. The smallest absolute Gasteiger partial charge is 0.338 e. The van der Waals surface area contributed by atoms with Gasteiger partial charge in [0.25, 0.3) is 11.5 Å². The number of fused-ring (bicyclic) bond motifs is 1. The van der Waals surface area contributed by atoms with Crippen molar-refractivity contribution in [2.45, 2.75) is 183 Å². The van der Waals surface area contributed by atoms with E-state index < -0.39 is 11.9 Å². The van der Waals surface area contributed by atoms with Crippen molar-refractivity contribution < 1.29 is 19.1 Å². The van der Waals surface area contributed by atoms with Gasteiger partial charge in [0.2, 0.25) is 0 Å². The second-order valence-corrected chi connectivity index (χ2v) is 20.8. The van der Waals surface area contributed by atoms with Gasteiger partial charge in [0.1, 0.15) is 5.75 Å². The maximum absolute atomic E-state index is 14.9. The number of carbonyl (C=O) groups is 2. The van der Waals surface area contributed by atoms with Gasteiger partial charge < -0.3 is 19.7 Å². The van der Waals surface area contributed by atoms with Crippen LogP contribution in [0.4, 0.5) is 17.1 Å². The molecule has 0 fully saturated rings. The number of amides is 1. The van der Waals surface area contributed by atoms with Gasteiger partial charge in [-0.05, 0) is 123 Å². The number of para-hydroxylation sites is 1. The van der Waals surface area contributed by atoms with Crippen molar-refractivity contribution >= 4 is 45.6 Å². The predicted octanol–water partition coefficient (Wildman–Crippen LogP) is 14.9. The quantitative estimate of drug-likeness (QED) is 0.0288. The third-order valence-corrected chi connectivity index (χ3v) is 14.6. The molecule has 0 spiro atoms. The van der Waals surface area contributed by atoms with E-state index in [1.54, 1.807) is 34.9 Å². The van der Waals surface area contributed by atoms with Crippen molar-refractivity contribution in [2.24, 2.45) is 4.99 Å². The second kappa shape index (κ2) is 27.2. The van der Waals surface area contributed by atoms with Gasteiger partial charge >= 0.3 is 5.97 Å². The fourth-order valence-electron chi connectivity index (χ4n) is 8.73. The molecule has 0 radical (unpaired) electrons. The van der Waals surface area contributed by atoms with E-state index >= 15 is 0 Å². The fraction of sp³-hybridized carbons (Fsp3) is 0.525. The Kier molecular flexibility index (Phi) is 21.5. The molecule has 1 N–H and O–H groups in total. The minimum Gasteiger partial charge on any atom is -0.493 e. The van der Waals surface area contributed by atoms with Crippen LogP contribution in [0.3, 0.4) is 0 Å². The standard InChI is InChI=1S/C61H85N5O5/c1-12-16-17-18-19-20-21-22-23-24-25-28-39-71-59(69)46-33-32-44(5)53(42-46)64-57(67)55(62-51-36-35-48(41-45(51)6)65(11)15-4)56-63-52-31-27-26-30-49(52)58(68)66(56)38-29-40-70-54-37-34-47(60(7,8)13-2)43-50(54)61(9,10)14-3/h26-27,30-37,41-43H,12-25,28-29,38-40H2,1-11H3,(H,64,67). The first-order chi connectivity index (χ1) is 34.0. The van der Waals surface area contributed by atoms with E-state index in [4.69, 9.17) is 19.5 Å². The maximum atomic E-state index is 14.9. The summed E-state index contributed by atoms with van der Waals surface area (Å²) >= 11 is 0. The summed E-state index contributed by atoms with van der Waals surface area (Å²) in [6.07, 6.45) is 17.1. The third-order valence-electron chi connectivity index (χ3n) is 14.6. The average Bonchev–Trinajstić information content (AvgIpc) is 3.36. The number of aromatic nitrogens is 2. The van der Waals surface area contributed by atoms with E-state index in [1.165, 1.54) is 63.4 Å². The van der Waals surface area contributed by atoms with Crippen molar-refractivity contribution in [3.8, 4) is 5.75 Å². The molecule has 10 nitrogen and oxygen atoms in total. The first-order valence-corrected chi connectivity index (χ1v) is 26.8. The van der Waals surface area contributed by atoms with E-state index in [2.05, 4.69) is 83.8 Å². The van der Waals surface area contributed by atoms with E-state index in [0.717, 1.165) is 66.8 Å². The van der Waals surface area contributed by atoms with Crippen LogP contribution in [0.15, 0.2) is 88.6 Å². The highest BCUT2D eigenvalue weighted by molar-refractivity contribution is 6.48. The van der Waals surface area contributed by atoms with Gasteiger partial charge in [0, 0.05) is 37.1 Å². The van der Waals surface area contributed by atoms with E-state index in [9.17, 15) is 14.4 Å². The van der Waals surface area contributed by atoms with Gasteiger partial charge in [0.05, 0.1) is 35.4 Å². The van der Waals surface area contributed by atoms with Crippen LogP contribution in [-0.4, -0.2) is 53.9 Å². The van der Waals surface area contributed by atoms with Gasteiger partial charge in [0.15, 0.2) is 11.5 Å². The first kappa shape index (κ1) is 56.1. The molecule has 0 atom stereocenters. The van der Waals surface area contributed by atoms with Crippen LogP contribution in [0, 0.1) is 13.8 Å². The highest BCUT2D eigenvalue weighted by Gasteiger charge is 2.28. The minimum absolute atomic E-state index is 0.0224. The molecule has 0 aliphatic carbocycles. The van der Waals surface area contributed by atoms with Gasteiger partial charge in [-0.25, -0.2) is 14.8 Å². The predicted molar refractivity (Wildman–Crippen MR) is 297 cm³/mol. The normalized spacial score (nSPS) is 12.1. The van der Waals surface area contributed by atoms with Crippen molar-refractivity contribution in [1.29, 1.82) is 0 Å². The number of carbonyl (C=O) groups excluding carboxylic acids is 2. The number of esters is 1. The molecule has 5 rings (SSSR count). The van der Waals surface area contributed by atoms with Crippen molar-refractivity contribution in [3.63, 3.8) is 0 Å². The number of ether oxygens (including phenoxy) is 2. The number of nitrogens with one attached hydrogen (secondary N) is 1. The summed E-state index contributed by atoms with van der Waals surface area (Å²) in [6, 6.07) is 24.8. The number of benzene rings is 4. The Balaban J connectivity index is 1.40. The SMILES string of the molecule is CCCCCCCCCCCCCCOC(=O)c1ccc(C)c(NC(=O)C(=Nc2ccc(N(C)CC)cc2C)c2nc3ccccc3c(=O)n2CCCOc2ccc(C(C)(C)CC)cc2C(C)(C)CC)c1. The molecule has 71 heavy (non-hydrogen) atoms. The van der Waals surface area contributed by atoms with Crippen molar-refractivity contribution in [1.82, 2.24) is 9.55 Å². The summed E-state index contributed by atoms with van der Waals surface area (Å²) < 4.78 is 13.9. The number of rotatable bonds is 29. The third kappa shape index (κ3) is 15.6. The molecule has 384 valence electrons. The monoisotopic (exact) mass is 968 g/mol. The van der Waals surface area contributed by atoms with Gasteiger partial charge in [-0.3, -0.25) is 14.2 Å². The molecule has 1 amide bonds. The Morgan fingerprint density at radius 1 is 0.718 bits per heavy atom. The molecular formula is C61H85N5O5. The van der Waals surface area contributed by atoms with E-state index in [-0.39, 0.29) is 34.5 Å². The minimum atomic E-state index is -0.571. The number of hydrogen-bond acceptors (Lipinski definition) is 8. The fourth-order valence-corrected chi connectivity index (χ4v) is 8.73. The van der Waals surface area contributed by atoms with E-state index in [0.29, 0.717) is 47.5 Å². The number of aryl methyl sites for hydroxylation is 2. The van der Waals surface area contributed by atoms with Crippen LogP contribution in [0.25, 0.3) is 10.9 Å². The lowest BCUT2D eigenvalue weighted by Crippen LogP contribution is -2.34. The lowest BCUT2D eigenvalue weighted by molar-refractivity contribution is -0.110. The van der Waals surface area contributed by atoms with Crippen LogP contribution in [0.5, 0.6) is 5.75 Å². The molecule has 0 aliphatic rings. The second-order valence-electron chi connectivity index (χ2n) is 20.8. The van der Waals surface area contributed by atoms with Crippen LogP contribution in [0.1, 0.15) is 190 Å². The summed E-state index contributed by atoms with van der Waals surface area (Å²) in [6.45, 7) is 23.3. The largest absolute Gasteiger partial charge is 0.493 e. The van der Waals surface area contributed by atoms with E-state index in [1.807, 2.05) is 51.2 Å². The molecule has 4 aromatic carbocycles. The zero-order valence-corrected chi connectivity index (χ0v) is 45.3. The van der Waals surface area contributed by atoms with Gasteiger partial charge in [-0.15, -0.1) is 0 Å². The molecule has 0 saturated heterocycles. The Morgan fingerprint density at radius 3 is 2.03 bits per heavy atom. The molecule has 10 heteroatoms. The molecule has 0 saturated carbocycles. The van der Waals surface area contributed by atoms with Crippen LogP contribution >= 0.6 is 0 Å². The van der Waals surface area contributed by atoms with Crippen molar-refractivity contribution in [2.75, 3.05) is 37.0 Å². The molecule has 0 bridgehead atoms. The van der Waals surface area contributed by atoms with Gasteiger partial charge in [-0.2, -0.15) is 0 Å². The van der Waals surface area contributed by atoms with Crippen LogP contribution < -0.4 is 20.5 Å². The number of hydrogen-bond donors (Lipinski definition) is 1. The van der Waals surface area contributed by atoms with Gasteiger partial charge in [-0.1, -0.05) is 149 Å². The van der Waals surface area contributed by atoms with Crippen molar-refractivity contribution in [3.05, 3.63) is 123 Å². The molecule has 5 aromatic rings. The number of aliphatic imine (C=N–C) groups is 1. The zero-order chi connectivity index (χ0) is 51.6.